The van der Waals surface area contributed by atoms with Crippen LogP contribution in [0.5, 0.6) is 0 Å². The third-order valence-electron chi connectivity index (χ3n) is 2.08. The minimum atomic E-state index is -0.997. The molecule has 0 saturated carbocycles. The molecule has 3 N–H and O–H groups in total. The number of aliphatic hydroxyl groups is 1. The molecular formula is C10H14N2O3. The van der Waals surface area contributed by atoms with Gasteiger partial charge >= 0.3 is 5.97 Å². The number of carboxylic acids is 1. The van der Waals surface area contributed by atoms with Crippen molar-refractivity contribution >= 4 is 11.8 Å². The van der Waals surface area contributed by atoms with Crippen LogP contribution in [0.2, 0.25) is 0 Å². The van der Waals surface area contributed by atoms with Crippen molar-refractivity contribution in [1.29, 1.82) is 0 Å². The van der Waals surface area contributed by atoms with Gasteiger partial charge in [-0.05, 0) is 18.6 Å². The van der Waals surface area contributed by atoms with Gasteiger partial charge in [-0.2, -0.15) is 0 Å². The fourth-order valence-corrected chi connectivity index (χ4v) is 1.09. The molecule has 82 valence electrons. The van der Waals surface area contributed by atoms with Crippen molar-refractivity contribution in [3.63, 3.8) is 0 Å². The predicted octanol–water partition coefficient (Wildman–Crippen LogP) is 0.963. The lowest BCUT2D eigenvalue weighted by Gasteiger charge is -2.14. The largest absolute Gasteiger partial charge is 0.478 e. The predicted molar refractivity (Wildman–Crippen MR) is 56.0 cm³/mol. The monoisotopic (exact) mass is 210 g/mol. The summed E-state index contributed by atoms with van der Waals surface area (Å²) in [7, 11) is 0. The van der Waals surface area contributed by atoms with Gasteiger partial charge in [0.15, 0.2) is 0 Å². The second-order valence-electron chi connectivity index (χ2n) is 3.17. The van der Waals surface area contributed by atoms with Crippen LogP contribution in [-0.2, 0) is 0 Å². The average molecular weight is 210 g/mol. The van der Waals surface area contributed by atoms with Gasteiger partial charge in [0.1, 0.15) is 5.82 Å². The number of carbonyl (C=O) groups is 1. The summed E-state index contributed by atoms with van der Waals surface area (Å²) in [5.74, 6) is -0.427. The van der Waals surface area contributed by atoms with Gasteiger partial charge in [-0.1, -0.05) is 6.92 Å². The molecular weight excluding hydrogens is 196 g/mol. The maximum absolute atomic E-state index is 10.5. The Morgan fingerprint density at radius 1 is 1.60 bits per heavy atom. The van der Waals surface area contributed by atoms with Crippen LogP contribution in [-0.4, -0.2) is 33.8 Å². The number of nitrogens with zero attached hydrogens (tertiary/aromatic N) is 1. The van der Waals surface area contributed by atoms with Gasteiger partial charge in [0, 0.05) is 6.20 Å². The molecule has 0 radical (unpaired) electrons. The second-order valence-corrected chi connectivity index (χ2v) is 3.17. The summed E-state index contributed by atoms with van der Waals surface area (Å²) in [5.41, 5.74) is 0.151. The quantitative estimate of drug-likeness (QED) is 0.674. The summed E-state index contributed by atoms with van der Waals surface area (Å²) in [6.07, 6.45) is 2.06. The fraction of sp³-hybridized carbons (Fsp3) is 0.400. The first-order valence-electron chi connectivity index (χ1n) is 4.74. The Morgan fingerprint density at radius 3 is 2.73 bits per heavy atom. The number of rotatable bonds is 5. The Hall–Kier alpha value is -1.62. The number of carboxylic acid groups (broad SMARTS) is 1. The SMILES string of the molecule is CCC(CO)Nc1ccc(C(=O)O)cn1. The highest BCUT2D eigenvalue weighted by Crippen LogP contribution is 2.07. The van der Waals surface area contributed by atoms with Gasteiger partial charge in [0.05, 0.1) is 18.2 Å². The van der Waals surface area contributed by atoms with Crippen LogP contribution in [0.15, 0.2) is 18.3 Å². The summed E-state index contributed by atoms with van der Waals surface area (Å²) in [6.45, 7) is 1.97. The van der Waals surface area contributed by atoms with Crippen molar-refractivity contribution in [2.75, 3.05) is 11.9 Å². The van der Waals surface area contributed by atoms with E-state index in [-0.39, 0.29) is 18.2 Å². The molecule has 15 heavy (non-hydrogen) atoms. The maximum atomic E-state index is 10.5. The highest BCUT2D eigenvalue weighted by atomic mass is 16.4. The first-order chi connectivity index (χ1) is 7.17. The number of nitrogens with one attached hydrogen (secondary N) is 1. The summed E-state index contributed by atoms with van der Waals surface area (Å²) in [6, 6.07) is 3.01. The first kappa shape index (κ1) is 11.5. The normalized spacial score (nSPS) is 12.1. The molecule has 0 fully saturated rings. The van der Waals surface area contributed by atoms with Crippen LogP contribution >= 0.6 is 0 Å². The number of anilines is 1. The number of aliphatic hydroxyl groups excluding tert-OH is 1. The molecule has 0 bridgehead atoms. The summed E-state index contributed by atoms with van der Waals surface area (Å²) < 4.78 is 0. The molecule has 1 rings (SSSR count). The second kappa shape index (κ2) is 5.31. The van der Waals surface area contributed by atoms with Crippen molar-refractivity contribution in [2.24, 2.45) is 0 Å². The van der Waals surface area contributed by atoms with E-state index in [0.717, 1.165) is 6.42 Å². The van der Waals surface area contributed by atoms with E-state index < -0.39 is 5.97 Å². The standard InChI is InChI=1S/C10H14N2O3/c1-2-8(6-13)12-9-4-3-7(5-11-9)10(14)15/h3-5,8,13H,2,6H2,1H3,(H,11,12)(H,14,15). The van der Waals surface area contributed by atoms with E-state index in [4.69, 9.17) is 10.2 Å². The third kappa shape index (κ3) is 3.21. The lowest BCUT2D eigenvalue weighted by atomic mass is 10.2. The molecule has 0 amide bonds. The number of hydrogen-bond donors (Lipinski definition) is 3. The average Bonchev–Trinajstić information content (AvgIpc) is 2.26. The van der Waals surface area contributed by atoms with Gasteiger partial charge in [-0.25, -0.2) is 9.78 Å². The van der Waals surface area contributed by atoms with E-state index in [2.05, 4.69) is 10.3 Å². The van der Waals surface area contributed by atoms with Gasteiger partial charge in [0.25, 0.3) is 0 Å². The van der Waals surface area contributed by atoms with Crippen LogP contribution in [0, 0.1) is 0 Å². The van der Waals surface area contributed by atoms with Gasteiger partial charge < -0.3 is 15.5 Å². The van der Waals surface area contributed by atoms with Crippen molar-refractivity contribution in [1.82, 2.24) is 4.98 Å². The molecule has 1 aromatic rings. The first-order valence-corrected chi connectivity index (χ1v) is 4.74. The number of aromatic carboxylic acids is 1. The highest BCUT2D eigenvalue weighted by Gasteiger charge is 2.06. The van der Waals surface area contributed by atoms with E-state index in [1.807, 2.05) is 6.92 Å². The lowest BCUT2D eigenvalue weighted by Crippen LogP contribution is -2.23. The molecule has 0 spiro atoms. The van der Waals surface area contributed by atoms with E-state index >= 15 is 0 Å². The third-order valence-corrected chi connectivity index (χ3v) is 2.08. The molecule has 0 aromatic carbocycles. The summed E-state index contributed by atoms with van der Waals surface area (Å²) in [4.78, 5) is 14.5. The molecule has 0 aliphatic rings. The molecule has 0 aliphatic heterocycles. The highest BCUT2D eigenvalue weighted by molar-refractivity contribution is 5.87. The van der Waals surface area contributed by atoms with E-state index in [1.165, 1.54) is 12.3 Å². The van der Waals surface area contributed by atoms with Crippen LogP contribution in [0.4, 0.5) is 5.82 Å². The van der Waals surface area contributed by atoms with Crippen molar-refractivity contribution in [3.05, 3.63) is 23.9 Å². The van der Waals surface area contributed by atoms with Crippen LogP contribution in [0.3, 0.4) is 0 Å². The lowest BCUT2D eigenvalue weighted by molar-refractivity contribution is 0.0696. The van der Waals surface area contributed by atoms with Gasteiger partial charge in [-0.3, -0.25) is 0 Å². The molecule has 0 aliphatic carbocycles. The van der Waals surface area contributed by atoms with Crippen molar-refractivity contribution < 1.29 is 15.0 Å². The molecule has 1 atom stereocenters. The van der Waals surface area contributed by atoms with Crippen LogP contribution in [0.1, 0.15) is 23.7 Å². The molecule has 1 aromatic heterocycles. The van der Waals surface area contributed by atoms with E-state index in [0.29, 0.717) is 5.82 Å². The van der Waals surface area contributed by atoms with E-state index in [9.17, 15) is 4.79 Å². The minimum Gasteiger partial charge on any atom is -0.478 e. The molecule has 5 nitrogen and oxygen atoms in total. The summed E-state index contributed by atoms with van der Waals surface area (Å²) >= 11 is 0. The zero-order chi connectivity index (χ0) is 11.3. The number of pyridine rings is 1. The van der Waals surface area contributed by atoms with E-state index in [1.54, 1.807) is 6.07 Å². The van der Waals surface area contributed by atoms with Crippen LogP contribution in [0.25, 0.3) is 0 Å². The Kier molecular flexibility index (Phi) is 4.05. The van der Waals surface area contributed by atoms with Gasteiger partial charge in [0.2, 0.25) is 0 Å². The van der Waals surface area contributed by atoms with Crippen molar-refractivity contribution in [2.45, 2.75) is 19.4 Å². The fourth-order valence-electron chi connectivity index (χ4n) is 1.09. The summed E-state index contributed by atoms with van der Waals surface area (Å²) in [5, 5.41) is 20.6. The van der Waals surface area contributed by atoms with Gasteiger partial charge in [-0.15, -0.1) is 0 Å². The molecule has 1 heterocycles. The molecule has 1 unspecified atom stereocenters. The van der Waals surface area contributed by atoms with Crippen LogP contribution < -0.4 is 5.32 Å². The maximum Gasteiger partial charge on any atom is 0.337 e. The Morgan fingerprint density at radius 2 is 2.33 bits per heavy atom. The zero-order valence-electron chi connectivity index (χ0n) is 8.47. The number of aromatic nitrogens is 1. The minimum absolute atomic E-state index is 0.0266. The van der Waals surface area contributed by atoms with Crippen molar-refractivity contribution in [3.8, 4) is 0 Å². The topological polar surface area (TPSA) is 82.5 Å². The molecule has 5 heteroatoms. The molecule has 0 saturated heterocycles. The zero-order valence-corrected chi connectivity index (χ0v) is 8.47. The Labute approximate surface area is 87.8 Å². The smallest absolute Gasteiger partial charge is 0.337 e. The Balaban J connectivity index is 2.67. The number of hydrogen-bond acceptors (Lipinski definition) is 4. The Bertz CT molecular complexity index is 320.